The number of thiazole rings is 1. The Balaban J connectivity index is 1.63. The number of nitrogens with one attached hydrogen (secondary N) is 3. The van der Waals surface area contributed by atoms with Gasteiger partial charge >= 0.3 is 5.97 Å². The molecule has 1 aromatic heterocycles. The first kappa shape index (κ1) is 26.2. The lowest BCUT2D eigenvalue weighted by Gasteiger charge is -2.17. The molecular formula is C24H24N4O7S. The van der Waals surface area contributed by atoms with E-state index in [-0.39, 0.29) is 45.9 Å². The first-order valence-electron chi connectivity index (χ1n) is 10.7. The summed E-state index contributed by atoms with van der Waals surface area (Å²) in [7, 11) is 1.15. The standard InChI is InChI=1S/C24H24N4O7S/c1-13-20(36-24(26-13)28-19(31)10-14-5-3-7-16(29)9-14)22(33)27-18(23(34)35-2)12-25-21(32)15-6-4-8-17(30)11-15/h3-9,11,18,29-30H,10,12H2,1-2H3,(H,25,32)(H,27,33)(H,26,28,31)/t18-/m0/s1. The normalized spacial score (nSPS) is 11.3. The van der Waals surface area contributed by atoms with Crippen molar-refractivity contribution in [3.8, 4) is 11.5 Å². The monoisotopic (exact) mass is 512 g/mol. The van der Waals surface area contributed by atoms with Crippen molar-refractivity contribution in [1.29, 1.82) is 0 Å². The molecule has 0 aliphatic heterocycles. The molecule has 0 saturated carbocycles. The van der Waals surface area contributed by atoms with Crippen LogP contribution in [0.3, 0.4) is 0 Å². The molecule has 0 aliphatic carbocycles. The summed E-state index contributed by atoms with van der Waals surface area (Å²) >= 11 is 0.922. The number of carbonyl (C=O) groups is 4. The summed E-state index contributed by atoms with van der Waals surface area (Å²) in [6.07, 6.45) is -0.00212. The minimum absolute atomic E-state index is 0.00212. The minimum Gasteiger partial charge on any atom is -0.508 e. The Morgan fingerprint density at radius 2 is 1.72 bits per heavy atom. The lowest BCUT2D eigenvalue weighted by atomic mass is 10.1. The number of benzene rings is 2. The van der Waals surface area contributed by atoms with Crippen LogP contribution in [0.2, 0.25) is 0 Å². The molecule has 36 heavy (non-hydrogen) atoms. The van der Waals surface area contributed by atoms with E-state index >= 15 is 0 Å². The fourth-order valence-electron chi connectivity index (χ4n) is 3.18. The molecule has 0 aliphatic rings. The van der Waals surface area contributed by atoms with Crippen LogP contribution in [-0.2, 0) is 20.7 Å². The molecule has 188 valence electrons. The van der Waals surface area contributed by atoms with E-state index in [4.69, 9.17) is 4.74 Å². The summed E-state index contributed by atoms with van der Waals surface area (Å²) in [6.45, 7) is 1.31. The van der Waals surface area contributed by atoms with Gasteiger partial charge in [-0.15, -0.1) is 0 Å². The highest BCUT2D eigenvalue weighted by Gasteiger charge is 2.26. The second kappa shape index (κ2) is 11.8. The molecule has 0 radical (unpaired) electrons. The third-order valence-corrected chi connectivity index (χ3v) is 5.96. The molecule has 0 saturated heterocycles. The number of methoxy groups -OCH3 is 1. The predicted molar refractivity (Wildman–Crippen MR) is 131 cm³/mol. The van der Waals surface area contributed by atoms with Gasteiger partial charge < -0.3 is 30.9 Å². The molecule has 0 spiro atoms. The van der Waals surface area contributed by atoms with Crippen molar-refractivity contribution in [1.82, 2.24) is 15.6 Å². The Hall–Kier alpha value is -4.45. The lowest BCUT2D eigenvalue weighted by molar-refractivity contribution is -0.142. The van der Waals surface area contributed by atoms with Gasteiger partial charge in [0.15, 0.2) is 5.13 Å². The van der Waals surface area contributed by atoms with Gasteiger partial charge in [-0.1, -0.05) is 29.5 Å². The zero-order valence-corrected chi connectivity index (χ0v) is 20.2. The summed E-state index contributed by atoms with van der Waals surface area (Å²) in [6, 6.07) is 10.7. The van der Waals surface area contributed by atoms with Crippen molar-refractivity contribution in [3.05, 3.63) is 70.2 Å². The Morgan fingerprint density at radius 3 is 2.39 bits per heavy atom. The van der Waals surface area contributed by atoms with Crippen molar-refractivity contribution < 1.29 is 34.1 Å². The average molecular weight is 513 g/mol. The third-order valence-electron chi connectivity index (χ3n) is 4.89. The number of aromatic hydroxyl groups is 2. The summed E-state index contributed by atoms with van der Waals surface area (Å²) < 4.78 is 4.73. The van der Waals surface area contributed by atoms with Crippen molar-refractivity contribution in [2.24, 2.45) is 0 Å². The second-order valence-corrected chi connectivity index (χ2v) is 8.64. The van der Waals surface area contributed by atoms with Crippen molar-refractivity contribution in [2.45, 2.75) is 19.4 Å². The number of anilines is 1. The summed E-state index contributed by atoms with van der Waals surface area (Å²) in [5.41, 5.74) is 1.11. The number of esters is 1. The zero-order chi connectivity index (χ0) is 26.2. The third kappa shape index (κ3) is 7.03. The van der Waals surface area contributed by atoms with E-state index in [1.165, 1.54) is 36.4 Å². The van der Waals surface area contributed by atoms with Crippen molar-refractivity contribution >= 4 is 40.2 Å². The van der Waals surface area contributed by atoms with Crippen LogP contribution in [0.5, 0.6) is 11.5 Å². The molecule has 1 atom stereocenters. The quantitative estimate of drug-likeness (QED) is 0.270. The van der Waals surface area contributed by atoms with E-state index in [0.717, 1.165) is 18.4 Å². The number of aromatic nitrogens is 1. The smallest absolute Gasteiger partial charge is 0.330 e. The molecule has 2 aromatic carbocycles. The van der Waals surface area contributed by atoms with Gasteiger partial charge in [0.05, 0.1) is 19.2 Å². The van der Waals surface area contributed by atoms with Crippen LogP contribution >= 0.6 is 11.3 Å². The van der Waals surface area contributed by atoms with E-state index in [9.17, 15) is 29.4 Å². The number of phenolic OH excluding ortho intramolecular Hbond substituents is 2. The van der Waals surface area contributed by atoms with E-state index in [2.05, 4.69) is 20.9 Å². The van der Waals surface area contributed by atoms with Gasteiger partial charge in [-0.05, 0) is 42.8 Å². The Bertz CT molecular complexity index is 1290. The largest absolute Gasteiger partial charge is 0.508 e. The number of carbonyl (C=O) groups excluding carboxylic acids is 4. The van der Waals surface area contributed by atoms with Crippen LogP contribution in [-0.4, -0.2) is 58.6 Å². The number of hydrogen-bond donors (Lipinski definition) is 5. The molecular weight excluding hydrogens is 488 g/mol. The van der Waals surface area contributed by atoms with Gasteiger partial charge in [0.2, 0.25) is 5.91 Å². The van der Waals surface area contributed by atoms with E-state index in [0.29, 0.717) is 11.3 Å². The van der Waals surface area contributed by atoms with E-state index < -0.39 is 23.8 Å². The molecule has 0 fully saturated rings. The SMILES string of the molecule is COC(=O)[C@H](CNC(=O)c1cccc(O)c1)NC(=O)c1sc(NC(=O)Cc2cccc(O)c2)nc1C. The minimum atomic E-state index is -1.20. The van der Waals surface area contributed by atoms with Gasteiger partial charge in [0, 0.05) is 12.1 Å². The fourth-order valence-corrected chi connectivity index (χ4v) is 4.06. The van der Waals surface area contributed by atoms with Crippen LogP contribution < -0.4 is 16.0 Å². The molecule has 3 amide bonds. The molecule has 5 N–H and O–H groups in total. The maximum Gasteiger partial charge on any atom is 0.330 e. The summed E-state index contributed by atoms with van der Waals surface area (Å²) in [5.74, 6) is -2.40. The Morgan fingerprint density at radius 1 is 1.03 bits per heavy atom. The number of aryl methyl sites for hydroxylation is 1. The van der Waals surface area contributed by atoms with Crippen LogP contribution in [0.1, 0.15) is 31.3 Å². The average Bonchev–Trinajstić information content (AvgIpc) is 3.20. The van der Waals surface area contributed by atoms with Crippen molar-refractivity contribution in [3.63, 3.8) is 0 Å². The van der Waals surface area contributed by atoms with Gasteiger partial charge in [0.1, 0.15) is 22.4 Å². The topological polar surface area (TPSA) is 167 Å². The molecule has 3 rings (SSSR count). The van der Waals surface area contributed by atoms with Gasteiger partial charge in [0.25, 0.3) is 11.8 Å². The number of amides is 3. The highest BCUT2D eigenvalue weighted by Crippen LogP contribution is 2.23. The molecule has 0 unspecified atom stereocenters. The van der Waals surface area contributed by atoms with Gasteiger partial charge in [-0.3, -0.25) is 14.4 Å². The van der Waals surface area contributed by atoms with Crippen LogP contribution in [0.15, 0.2) is 48.5 Å². The maximum absolute atomic E-state index is 12.8. The van der Waals surface area contributed by atoms with E-state index in [1.807, 2.05) is 0 Å². The number of phenols is 2. The summed E-state index contributed by atoms with van der Waals surface area (Å²) in [4.78, 5) is 54.1. The van der Waals surface area contributed by atoms with Gasteiger partial charge in [-0.25, -0.2) is 9.78 Å². The number of rotatable bonds is 9. The molecule has 12 heteroatoms. The van der Waals surface area contributed by atoms with Crippen LogP contribution in [0.4, 0.5) is 5.13 Å². The number of hydrogen-bond acceptors (Lipinski definition) is 9. The predicted octanol–water partition coefficient (Wildman–Crippen LogP) is 1.75. The maximum atomic E-state index is 12.8. The molecule has 0 bridgehead atoms. The summed E-state index contributed by atoms with van der Waals surface area (Å²) in [5, 5.41) is 26.9. The number of ether oxygens (including phenoxy) is 1. The molecule has 11 nitrogen and oxygen atoms in total. The Labute approximate surface area is 210 Å². The molecule has 1 heterocycles. The lowest BCUT2D eigenvalue weighted by Crippen LogP contribution is -2.49. The Kier molecular flexibility index (Phi) is 8.57. The zero-order valence-electron chi connectivity index (χ0n) is 19.4. The van der Waals surface area contributed by atoms with Gasteiger partial charge in [-0.2, -0.15) is 0 Å². The highest BCUT2D eigenvalue weighted by molar-refractivity contribution is 7.17. The second-order valence-electron chi connectivity index (χ2n) is 7.64. The first-order chi connectivity index (χ1) is 17.2. The van der Waals surface area contributed by atoms with Crippen LogP contribution in [0, 0.1) is 6.92 Å². The highest BCUT2D eigenvalue weighted by atomic mass is 32.1. The number of nitrogens with zero attached hydrogens (tertiary/aromatic N) is 1. The van der Waals surface area contributed by atoms with Crippen molar-refractivity contribution in [2.75, 3.05) is 19.0 Å². The first-order valence-corrected chi connectivity index (χ1v) is 11.5. The van der Waals surface area contributed by atoms with Crippen LogP contribution in [0.25, 0.3) is 0 Å². The molecule has 3 aromatic rings. The fraction of sp³-hybridized carbons (Fsp3) is 0.208. The van der Waals surface area contributed by atoms with E-state index in [1.54, 1.807) is 19.1 Å².